The fourth-order valence-electron chi connectivity index (χ4n) is 5.01. The van der Waals surface area contributed by atoms with Gasteiger partial charge in [-0.15, -0.1) is 0 Å². The van der Waals surface area contributed by atoms with Gasteiger partial charge in [-0.1, -0.05) is 25.1 Å². The average Bonchev–Trinajstić information content (AvgIpc) is 3.08. The van der Waals surface area contributed by atoms with E-state index in [4.69, 9.17) is 4.74 Å². The highest BCUT2D eigenvalue weighted by molar-refractivity contribution is 5.77. The zero-order valence-corrected chi connectivity index (χ0v) is 15.8. The van der Waals surface area contributed by atoms with E-state index < -0.39 is 11.9 Å². The maximum absolute atomic E-state index is 13.0. The Balaban J connectivity index is 1.52. The summed E-state index contributed by atoms with van der Waals surface area (Å²) in [5.41, 5.74) is 0.841. The van der Waals surface area contributed by atoms with Crippen LogP contribution in [0.1, 0.15) is 57.1 Å². The number of hydrogen-bond acceptors (Lipinski definition) is 3. The molecule has 3 atom stereocenters. The molecule has 1 spiro atoms. The van der Waals surface area contributed by atoms with Crippen LogP contribution in [-0.2, 0) is 4.79 Å². The van der Waals surface area contributed by atoms with Gasteiger partial charge in [0.05, 0.1) is 12.0 Å². The fraction of sp³-hybridized carbons (Fsp3) is 0.619. The largest absolute Gasteiger partial charge is 0.487 e. The molecule has 0 radical (unpaired) electrons. The maximum atomic E-state index is 13.0. The fourth-order valence-corrected chi connectivity index (χ4v) is 5.01. The van der Waals surface area contributed by atoms with Gasteiger partial charge in [0.2, 0.25) is 0 Å². The lowest BCUT2D eigenvalue weighted by Crippen LogP contribution is -2.52. The monoisotopic (exact) mass is 372 g/mol. The van der Waals surface area contributed by atoms with E-state index in [1.165, 1.54) is 0 Å². The first-order valence-corrected chi connectivity index (χ1v) is 10.0. The second kappa shape index (κ2) is 7.06. The van der Waals surface area contributed by atoms with Crippen molar-refractivity contribution in [2.24, 2.45) is 11.8 Å². The van der Waals surface area contributed by atoms with Gasteiger partial charge in [0.15, 0.2) is 0 Å². The van der Waals surface area contributed by atoms with Gasteiger partial charge in [0.1, 0.15) is 11.4 Å². The van der Waals surface area contributed by atoms with Crippen LogP contribution in [0.25, 0.3) is 0 Å². The van der Waals surface area contributed by atoms with Crippen LogP contribution in [0.3, 0.4) is 0 Å². The van der Waals surface area contributed by atoms with Crippen molar-refractivity contribution in [3.63, 3.8) is 0 Å². The first-order chi connectivity index (χ1) is 13.0. The number of aliphatic carboxylic acids is 1. The van der Waals surface area contributed by atoms with Crippen LogP contribution in [0.2, 0.25) is 0 Å². The van der Waals surface area contributed by atoms with E-state index in [-0.39, 0.29) is 30.1 Å². The van der Waals surface area contributed by atoms with Crippen molar-refractivity contribution in [2.45, 2.75) is 57.1 Å². The first-order valence-electron chi connectivity index (χ1n) is 10.0. The molecule has 1 saturated heterocycles. The Morgan fingerprint density at radius 3 is 2.70 bits per heavy atom. The third kappa shape index (κ3) is 3.62. The SMILES string of the molecule is CC1CC(C(=O)O)CN(C(=O)NC2CC3(CCCC3)Oc3ccccc32)C1. The number of fused-ring (bicyclic) bond motifs is 1. The summed E-state index contributed by atoms with van der Waals surface area (Å²) in [6.45, 7) is 2.89. The van der Waals surface area contributed by atoms with E-state index in [0.29, 0.717) is 13.0 Å². The third-order valence-electron chi connectivity index (χ3n) is 6.31. The van der Waals surface area contributed by atoms with E-state index >= 15 is 0 Å². The van der Waals surface area contributed by atoms with Gasteiger partial charge < -0.3 is 20.1 Å². The summed E-state index contributed by atoms with van der Waals surface area (Å²) in [5, 5.41) is 12.6. The molecule has 1 aliphatic carbocycles. The van der Waals surface area contributed by atoms with Crippen molar-refractivity contribution in [1.29, 1.82) is 0 Å². The second-order valence-electron chi connectivity index (χ2n) is 8.52. The summed E-state index contributed by atoms with van der Waals surface area (Å²) in [6, 6.07) is 7.68. The Morgan fingerprint density at radius 2 is 1.96 bits per heavy atom. The van der Waals surface area contributed by atoms with Crippen molar-refractivity contribution < 1.29 is 19.4 Å². The maximum Gasteiger partial charge on any atom is 0.317 e. The van der Waals surface area contributed by atoms with Crippen molar-refractivity contribution in [3.8, 4) is 5.75 Å². The molecule has 4 rings (SSSR count). The van der Waals surface area contributed by atoms with Crippen molar-refractivity contribution in [3.05, 3.63) is 29.8 Å². The summed E-state index contributed by atoms with van der Waals surface area (Å²) in [4.78, 5) is 26.1. The number of nitrogens with one attached hydrogen (secondary N) is 1. The molecule has 2 amide bonds. The minimum absolute atomic E-state index is 0.0962. The van der Waals surface area contributed by atoms with E-state index in [2.05, 4.69) is 5.32 Å². The van der Waals surface area contributed by atoms with Crippen LogP contribution in [0.4, 0.5) is 4.79 Å². The van der Waals surface area contributed by atoms with Crippen molar-refractivity contribution >= 4 is 12.0 Å². The highest BCUT2D eigenvalue weighted by Crippen LogP contribution is 2.47. The van der Waals surface area contributed by atoms with Gasteiger partial charge in [-0.2, -0.15) is 0 Å². The van der Waals surface area contributed by atoms with Crippen LogP contribution < -0.4 is 10.1 Å². The van der Waals surface area contributed by atoms with Gasteiger partial charge in [-0.3, -0.25) is 4.79 Å². The number of benzene rings is 1. The van der Waals surface area contributed by atoms with Crippen LogP contribution in [-0.4, -0.2) is 40.7 Å². The van der Waals surface area contributed by atoms with E-state index in [1.807, 2.05) is 31.2 Å². The van der Waals surface area contributed by atoms with Crippen LogP contribution >= 0.6 is 0 Å². The number of amides is 2. The lowest BCUT2D eigenvalue weighted by molar-refractivity contribution is -0.143. The Bertz CT molecular complexity index is 729. The molecule has 6 nitrogen and oxygen atoms in total. The van der Waals surface area contributed by atoms with Gasteiger partial charge in [-0.05, 0) is 44.1 Å². The Hall–Kier alpha value is -2.24. The molecule has 1 aromatic rings. The van der Waals surface area contributed by atoms with E-state index in [0.717, 1.165) is 43.4 Å². The van der Waals surface area contributed by atoms with Gasteiger partial charge in [0, 0.05) is 25.1 Å². The number of carboxylic acid groups (broad SMARTS) is 1. The molecule has 0 aromatic heterocycles. The summed E-state index contributed by atoms with van der Waals surface area (Å²) >= 11 is 0. The number of carboxylic acids is 1. The molecule has 0 bridgehead atoms. The lowest BCUT2D eigenvalue weighted by atomic mass is 9.86. The standard InChI is InChI=1S/C21H28N2O4/c1-14-10-15(19(24)25)13-23(12-14)20(26)22-17-11-21(8-4-5-9-21)27-18-7-3-2-6-16(17)18/h2-3,6-7,14-15,17H,4-5,8-13H2,1H3,(H,22,26)(H,24,25). The number of piperidine rings is 1. The molecule has 146 valence electrons. The van der Waals surface area contributed by atoms with Crippen LogP contribution in [0.5, 0.6) is 5.75 Å². The molecule has 2 heterocycles. The molecular weight excluding hydrogens is 344 g/mol. The highest BCUT2D eigenvalue weighted by Gasteiger charge is 2.44. The first kappa shape index (κ1) is 18.1. The van der Waals surface area contributed by atoms with Gasteiger partial charge in [0.25, 0.3) is 0 Å². The molecule has 1 saturated carbocycles. The lowest BCUT2D eigenvalue weighted by Gasteiger charge is -2.41. The zero-order valence-electron chi connectivity index (χ0n) is 15.8. The van der Waals surface area contributed by atoms with Gasteiger partial charge >= 0.3 is 12.0 Å². The normalized spacial score (nSPS) is 29.1. The number of carbonyl (C=O) groups excluding carboxylic acids is 1. The topological polar surface area (TPSA) is 78.9 Å². The molecule has 2 aliphatic heterocycles. The number of urea groups is 1. The summed E-state index contributed by atoms with van der Waals surface area (Å²) < 4.78 is 6.36. The Labute approximate surface area is 159 Å². The summed E-state index contributed by atoms with van der Waals surface area (Å²) in [6.07, 6.45) is 5.77. The van der Waals surface area contributed by atoms with Crippen LogP contribution in [0, 0.1) is 11.8 Å². The second-order valence-corrected chi connectivity index (χ2v) is 8.52. The average molecular weight is 372 g/mol. The molecule has 2 N–H and O–H groups in total. The minimum atomic E-state index is -0.819. The Kier molecular flexibility index (Phi) is 4.74. The third-order valence-corrected chi connectivity index (χ3v) is 6.31. The summed E-state index contributed by atoms with van der Waals surface area (Å²) in [7, 11) is 0. The number of para-hydroxylation sites is 1. The molecule has 2 fully saturated rings. The predicted octanol–water partition coefficient (Wildman–Crippen LogP) is 3.58. The quantitative estimate of drug-likeness (QED) is 0.832. The number of nitrogens with zero attached hydrogens (tertiary/aromatic N) is 1. The predicted molar refractivity (Wildman–Crippen MR) is 101 cm³/mol. The molecule has 27 heavy (non-hydrogen) atoms. The zero-order chi connectivity index (χ0) is 19.0. The molecule has 1 aromatic carbocycles. The number of carbonyl (C=O) groups is 2. The number of rotatable bonds is 2. The number of hydrogen-bond donors (Lipinski definition) is 2. The minimum Gasteiger partial charge on any atom is -0.487 e. The van der Waals surface area contributed by atoms with Crippen molar-refractivity contribution in [2.75, 3.05) is 13.1 Å². The van der Waals surface area contributed by atoms with E-state index in [9.17, 15) is 14.7 Å². The van der Waals surface area contributed by atoms with Gasteiger partial charge in [-0.25, -0.2) is 4.79 Å². The smallest absolute Gasteiger partial charge is 0.317 e. The van der Waals surface area contributed by atoms with E-state index in [1.54, 1.807) is 4.90 Å². The van der Waals surface area contributed by atoms with Crippen molar-refractivity contribution in [1.82, 2.24) is 10.2 Å². The molecule has 6 heteroatoms. The highest BCUT2D eigenvalue weighted by atomic mass is 16.5. The molecule has 3 aliphatic rings. The number of ether oxygens (including phenoxy) is 1. The number of likely N-dealkylation sites (tertiary alicyclic amines) is 1. The van der Waals surface area contributed by atoms with Crippen LogP contribution in [0.15, 0.2) is 24.3 Å². The molecular formula is C21H28N2O4. The summed E-state index contributed by atoms with van der Waals surface area (Å²) in [5.74, 6) is -0.247. The Morgan fingerprint density at radius 1 is 1.22 bits per heavy atom. The molecule has 3 unspecified atom stereocenters.